The lowest BCUT2D eigenvalue weighted by molar-refractivity contribution is 0.0666. The van der Waals surface area contributed by atoms with Gasteiger partial charge in [0.1, 0.15) is 5.82 Å². The standard InChI is InChI=1S/C23H14Cl2FN3O2/c24-16-9-8-12(26)10-15(16)20-19(27-18-7-3-6-17(25)21(18)28-20)11-29-22(30)13-4-1-2-5-14(13)23(29)31/h1-10,18,27H,11H2. The molecule has 3 aliphatic rings. The average molecular weight is 454 g/mol. The lowest BCUT2D eigenvalue weighted by Crippen LogP contribution is -2.44. The molecule has 5 rings (SSSR count). The van der Waals surface area contributed by atoms with Gasteiger partial charge in [-0.25, -0.2) is 9.38 Å². The van der Waals surface area contributed by atoms with E-state index in [1.54, 1.807) is 36.4 Å². The molecule has 2 aromatic carbocycles. The van der Waals surface area contributed by atoms with E-state index in [9.17, 15) is 14.0 Å². The summed E-state index contributed by atoms with van der Waals surface area (Å²) in [5.41, 5.74) is 2.38. The molecule has 5 nitrogen and oxygen atoms in total. The molecule has 1 unspecified atom stereocenters. The Hall–Kier alpha value is -3.22. The van der Waals surface area contributed by atoms with Crippen LogP contribution in [0.2, 0.25) is 5.02 Å². The van der Waals surface area contributed by atoms with Gasteiger partial charge in [0.05, 0.1) is 50.9 Å². The molecule has 2 aromatic rings. The molecular formula is C23H14Cl2FN3O2. The number of carbonyl (C=O) groups is 2. The van der Waals surface area contributed by atoms with Gasteiger partial charge in [0.2, 0.25) is 0 Å². The van der Waals surface area contributed by atoms with Crippen LogP contribution in [0.15, 0.2) is 76.4 Å². The summed E-state index contributed by atoms with van der Waals surface area (Å²) in [7, 11) is 0. The molecule has 154 valence electrons. The number of carbonyl (C=O) groups excluding carboxylic acids is 2. The first-order chi connectivity index (χ1) is 14.9. The van der Waals surface area contributed by atoms with Crippen LogP contribution in [-0.2, 0) is 0 Å². The van der Waals surface area contributed by atoms with Crippen LogP contribution >= 0.6 is 23.2 Å². The van der Waals surface area contributed by atoms with Crippen molar-refractivity contribution in [1.82, 2.24) is 10.2 Å². The van der Waals surface area contributed by atoms with E-state index in [4.69, 9.17) is 23.2 Å². The van der Waals surface area contributed by atoms with Gasteiger partial charge in [-0.05, 0) is 36.4 Å². The SMILES string of the molecule is O=C1c2ccccc2C(=O)N1CC1=C(c2cc(F)ccc2Cl)N=C2C(Cl)=CC=CC2N1. The van der Waals surface area contributed by atoms with E-state index in [-0.39, 0.29) is 17.6 Å². The van der Waals surface area contributed by atoms with Crippen molar-refractivity contribution < 1.29 is 14.0 Å². The van der Waals surface area contributed by atoms with Crippen molar-refractivity contribution in [3.8, 4) is 0 Å². The summed E-state index contributed by atoms with van der Waals surface area (Å²) < 4.78 is 14.0. The number of aliphatic imine (C=N–C) groups is 1. The van der Waals surface area contributed by atoms with Crippen LogP contribution < -0.4 is 5.32 Å². The summed E-state index contributed by atoms with van der Waals surface area (Å²) in [5.74, 6) is -1.28. The van der Waals surface area contributed by atoms with Gasteiger partial charge in [-0.15, -0.1) is 0 Å². The summed E-state index contributed by atoms with van der Waals surface area (Å²) in [6.45, 7) is -0.0724. The smallest absolute Gasteiger partial charge is 0.261 e. The van der Waals surface area contributed by atoms with Gasteiger partial charge in [-0.1, -0.05) is 47.5 Å². The number of hydrogen-bond donors (Lipinski definition) is 1. The van der Waals surface area contributed by atoms with Gasteiger partial charge >= 0.3 is 0 Å². The topological polar surface area (TPSA) is 61.8 Å². The Kier molecular flexibility index (Phi) is 4.76. The average Bonchev–Trinajstić information content (AvgIpc) is 3.00. The van der Waals surface area contributed by atoms with E-state index in [2.05, 4.69) is 10.3 Å². The van der Waals surface area contributed by atoms with Gasteiger partial charge in [-0.2, -0.15) is 0 Å². The summed E-state index contributed by atoms with van der Waals surface area (Å²) >= 11 is 12.7. The summed E-state index contributed by atoms with van der Waals surface area (Å²) in [5, 5.41) is 4.00. The molecule has 1 aliphatic carbocycles. The predicted molar refractivity (Wildman–Crippen MR) is 118 cm³/mol. The fourth-order valence-electron chi connectivity index (χ4n) is 3.82. The van der Waals surface area contributed by atoms with E-state index in [1.165, 1.54) is 18.2 Å². The number of rotatable bonds is 3. The zero-order chi connectivity index (χ0) is 21.7. The Morgan fingerprint density at radius 2 is 1.74 bits per heavy atom. The molecule has 0 saturated heterocycles. The highest BCUT2D eigenvalue weighted by Gasteiger charge is 2.37. The van der Waals surface area contributed by atoms with Crippen LogP contribution in [0.5, 0.6) is 0 Å². The normalized spacial score (nSPS) is 19.7. The van der Waals surface area contributed by atoms with E-state index >= 15 is 0 Å². The van der Waals surface area contributed by atoms with E-state index in [0.717, 1.165) is 4.90 Å². The van der Waals surface area contributed by atoms with Gasteiger partial charge in [-0.3, -0.25) is 14.5 Å². The molecule has 0 fully saturated rings. The first kappa shape index (κ1) is 19.7. The van der Waals surface area contributed by atoms with E-state index in [0.29, 0.717) is 38.8 Å². The Morgan fingerprint density at radius 1 is 1.03 bits per heavy atom. The second-order valence-electron chi connectivity index (χ2n) is 7.21. The number of nitrogens with one attached hydrogen (secondary N) is 1. The maximum Gasteiger partial charge on any atom is 0.261 e. The number of amides is 2. The second-order valence-corrected chi connectivity index (χ2v) is 8.03. The molecule has 2 amide bonds. The third-order valence-corrected chi connectivity index (χ3v) is 5.96. The van der Waals surface area contributed by atoms with Crippen molar-refractivity contribution in [1.29, 1.82) is 0 Å². The van der Waals surface area contributed by atoms with Crippen molar-refractivity contribution in [2.45, 2.75) is 6.04 Å². The molecule has 0 bridgehead atoms. The van der Waals surface area contributed by atoms with Crippen LogP contribution in [0, 0.1) is 5.82 Å². The zero-order valence-corrected chi connectivity index (χ0v) is 17.4. The van der Waals surface area contributed by atoms with Crippen molar-refractivity contribution in [3.05, 3.63) is 99.0 Å². The van der Waals surface area contributed by atoms with Crippen LogP contribution in [0.4, 0.5) is 4.39 Å². The maximum atomic E-state index is 14.0. The molecule has 1 atom stereocenters. The number of benzene rings is 2. The van der Waals surface area contributed by atoms with E-state index < -0.39 is 17.6 Å². The lowest BCUT2D eigenvalue weighted by Gasteiger charge is -2.30. The second kappa shape index (κ2) is 7.48. The fraction of sp³-hybridized carbons (Fsp3) is 0.0870. The van der Waals surface area contributed by atoms with Crippen LogP contribution in [0.25, 0.3) is 5.70 Å². The van der Waals surface area contributed by atoms with Gasteiger partial charge in [0.25, 0.3) is 11.8 Å². The number of imide groups is 1. The number of fused-ring (bicyclic) bond motifs is 2. The van der Waals surface area contributed by atoms with Crippen molar-refractivity contribution >= 4 is 46.4 Å². The zero-order valence-electron chi connectivity index (χ0n) is 15.9. The highest BCUT2D eigenvalue weighted by atomic mass is 35.5. The highest BCUT2D eigenvalue weighted by Crippen LogP contribution is 2.34. The molecule has 0 radical (unpaired) electrons. The third kappa shape index (κ3) is 3.28. The number of hydrogen-bond acceptors (Lipinski definition) is 4. The molecule has 0 saturated carbocycles. The van der Waals surface area contributed by atoms with Gasteiger partial charge in [0, 0.05) is 5.56 Å². The number of allylic oxidation sites excluding steroid dienone is 2. The summed E-state index contributed by atoms with van der Waals surface area (Å²) in [6.07, 6.45) is 5.36. The Morgan fingerprint density at radius 3 is 2.45 bits per heavy atom. The maximum absolute atomic E-state index is 14.0. The Bertz CT molecular complexity index is 1240. The van der Waals surface area contributed by atoms with Crippen LogP contribution in [0.1, 0.15) is 26.3 Å². The molecule has 1 N–H and O–H groups in total. The van der Waals surface area contributed by atoms with E-state index in [1.807, 2.05) is 6.08 Å². The fourth-order valence-corrected chi connectivity index (χ4v) is 4.26. The first-order valence-corrected chi connectivity index (χ1v) is 10.2. The van der Waals surface area contributed by atoms with Crippen molar-refractivity contribution in [2.24, 2.45) is 4.99 Å². The largest absolute Gasteiger partial charge is 0.373 e. The molecule has 0 aromatic heterocycles. The molecular weight excluding hydrogens is 440 g/mol. The predicted octanol–water partition coefficient (Wildman–Crippen LogP) is 4.55. The van der Waals surface area contributed by atoms with Gasteiger partial charge < -0.3 is 5.32 Å². The molecule has 31 heavy (non-hydrogen) atoms. The Balaban J connectivity index is 1.62. The van der Waals surface area contributed by atoms with Crippen molar-refractivity contribution in [3.63, 3.8) is 0 Å². The highest BCUT2D eigenvalue weighted by molar-refractivity contribution is 6.45. The van der Waals surface area contributed by atoms with Gasteiger partial charge in [0.15, 0.2) is 0 Å². The minimum atomic E-state index is -0.487. The number of nitrogens with zero attached hydrogens (tertiary/aromatic N) is 2. The monoisotopic (exact) mass is 453 g/mol. The molecule has 8 heteroatoms. The van der Waals surface area contributed by atoms with Crippen LogP contribution in [0.3, 0.4) is 0 Å². The molecule has 2 aliphatic heterocycles. The Labute approximate surface area is 187 Å². The van der Waals surface area contributed by atoms with Crippen LogP contribution in [-0.4, -0.2) is 35.0 Å². The molecule has 2 heterocycles. The quantitative estimate of drug-likeness (QED) is 0.693. The minimum Gasteiger partial charge on any atom is -0.373 e. The first-order valence-electron chi connectivity index (χ1n) is 9.47. The van der Waals surface area contributed by atoms with Crippen molar-refractivity contribution in [2.75, 3.05) is 6.54 Å². The number of halogens is 3. The summed E-state index contributed by atoms with van der Waals surface area (Å²) in [4.78, 5) is 31.5. The summed E-state index contributed by atoms with van der Waals surface area (Å²) in [6, 6.07) is 10.3. The lowest BCUT2D eigenvalue weighted by atomic mass is 10.0. The minimum absolute atomic E-state index is 0.0724. The third-order valence-electron chi connectivity index (χ3n) is 5.31. The molecule has 0 spiro atoms.